The van der Waals surface area contributed by atoms with Gasteiger partial charge in [0.25, 0.3) is 11.5 Å². The fourth-order valence-electron chi connectivity index (χ4n) is 4.56. The minimum Gasteiger partial charge on any atom is -0.353 e. The van der Waals surface area contributed by atoms with Crippen LogP contribution < -0.4 is 15.8 Å². The molecule has 10 heteroatoms. The molecule has 1 N–H and O–H groups in total. The molecule has 1 fully saturated rings. The fourth-order valence-corrected chi connectivity index (χ4v) is 4.56. The molecule has 4 heterocycles. The van der Waals surface area contributed by atoms with E-state index >= 15 is 0 Å². The lowest BCUT2D eigenvalue weighted by atomic mass is 10.2. The number of rotatable bonds is 5. The van der Waals surface area contributed by atoms with Crippen LogP contribution in [0, 0.1) is 19.7 Å². The van der Waals surface area contributed by atoms with Gasteiger partial charge in [-0.1, -0.05) is 39.0 Å². The third kappa shape index (κ3) is 6.55. The van der Waals surface area contributed by atoms with E-state index in [1.54, 1.807) is 33.8 Å². The number of aromatic nitrogens is 5. The Bertz CT molecular complexity index is 1440. The molecule has 1 unspecified atom stereocenters. The zero-order valence-electron chi connectivity index (χ0n) is 24.0. The summed E-state index contributed by atoms with van der Waals surface area (Å²) in [6.45, 7) is 13.3. The molecule has 210 valence electrons. The van der Waals surface area contributed by atoms with Crippen molar-refractivity contribution in [1.29, 1.82) is 0 Å². The van der Waals surface area contributed by atoms with E-state index in [0.717, 1.165) is 36.5 Å². The Morgan fingerprint density at radius 3 is 2.46 bits per heavy atom. The molecule has 9 nitrogen and oxygen atoms in total. The number of nitrogens with one attached hydrogen (secondary N) is 1. The first-order valence-corrected chi connectivity index (χ1v) is 13.6. The van der Waals surface area contributed by atoms with Crippen molar-refractivity contribution in [2.75, 3.05) is 18.0 Å². The lowest BCUT2D eigenvalue weighted by Crippen LogP contribution is -2.39. The number of aryl methyl sites for hydroxylation is 1. The molecule has 0 radical (unpaired) electrons. The molecule has 0 spiro atoms. The average molecular weight is 538 g/mol. The zero-order valence-corrected chi connectivity index (χ0v) is 24.0. The molecule has 39 heavy (non-hydrogen) atoms. The topological polar surface area (TPSA) is 89.5 Å². The third-order valence-corrected chi connectivity index (χ3v) is 6.93. The number of anilines is 1. The lowest BCUT2D eigenvalue weighted by molar-refractivity contribution is 0.0938. The van der Waals surface area contributed by atoms with Crippen molar-refractivity contribution in [1.82, 2.24) is 29.3 Å². The van der Waals surface area contributed by atoms with Crippen LogP contribution >= 0.6 is 0 Å². The number of carbonyl (C=O) groups is 1. The summed E-state index contributed by atoms with van der Waals surface area (Å²) in [7, 11) is 1.83. The lowest BCUT2D eigenvalue weighted by Gasteiger charge is -2.18. The Kier molecular flexibility index (Phi) is 10.0. The van der Waals surface area contributed by atoms with Crippen LogP contribution in [0.2, 0.25) is 0 Å². The Hall–Kier alpha value is -3.95. The van der Waals surface area contributed by atoms with E-state index in [4.69, 9.17) is 0 Å². The Morgan fingerprint density at radius 1 is 1.15 bits per heavy atom. The first-order chi connectivity index (χ1) is 18.7. The van der Waals surface area contributed by atoms with Crippen molar-refractivity contribution in [3.8, 4) is 0 Å². The van der Waals surface area contributed by atoms with Crippen molar-refractivity contribution >= 4 is 17.4 Å². The van der Waals surface area contributed by atoms with Crippen LogP contribution in [0.5, 0.6) is 0 Å². The van der Waals surface area contributed by atoms with E-state index < -0.39 is 0 Å². The second-order valence-corrected chi connectivity index (χ2v) is 9.45. The van der Waals surface area contributed by atoms with Crippen LogP contribution in [0.4, 0.5) is 10.2 Å². The molecule has 1 saturated heterocycles. The van der Waals surface area contributed by atoms with Crippen LogP contribution in [0.3, 0.4) is 0 Å². The highest BCUT2D eigenvalue weighted by Gasteiger charge is 2.29. The summed E-state index contributed by atoms with van der Waals surface area (Å²) in [6.07, 6.45) is 3.43. The predicted molar refractivity (Wildman–Crippen MR) is 153 cm³/mol. The Labute approximate surface area is 229 Å². The zero-order chi connectivity index (χ0) is 28.7. The molecule has 5 rings (SSSR count). The van der Waals surface area contributed by atoms with Gasteiger partial charge in [0.15, 0.2) is 5.65 Å². The van der Waals surface area contributed by atoms with Crippen molar-refractivity contribution in [2.24, 2.45) is 7.05 Å². The van der Waals surface area contributed by atoms with Gasteiger partial charge in [-0.3, -0.25) is 14.3 Å². The van der Waals surface area contributed by atoms with E-state index in [0.29, 0.717) is 12.2 Å². The van der Waals surface area contributed by atoms with Gasteiger partial charge in [0.2, 0.25) is 0 Å². The van der Waals surface area contributed by atoms with Gasteiger partial charge in [-0.2, -0.15) is 0 Å². The molecule has 1 aliphatic rings. The maximum Gasteiger partial charge on any atom is 0.280 e. The molecule has 1 amide bonds. The molecule has 4 aromatic rings. The van der Waals surface area contributed by atoms with Crippen molar-refractivity contribution in [3.63, 3.8) is 0 Å². The van der Waals surface area contributed by atoms with Gasteiger partial charge in [-0.05, 0) is 57.9 Å². The summed E-state index contributed by atoms with van der Waals surface area (Å²) in [5, 5.41) is 7.73. The number of carbonyl (C=O) groups excluding carboxylic acids is 1. The highest BCUT2D eigenvalue weighted by molar-refractivity contribution is 5.95. The van der Waals surface area contributed by atoms with Gasteiger partial charge < -0.3 is 10.2 Å². The number of nitrogens with zero attached hydrogens (tertiary/aromatic N) is 6. The van der Waals surface area contributed by atoms with E-state index in [-0.39, 0.29) is 34.9 Å². The number of hydrogen-bond donors (Lipinski definition) is 1. The largest absolute Gasteiger partial charge is 0.353 e. The first-order valence-electron chi connectivity index (χ1n) is 13.6. The van der Waals surface area contributed by atoms with Crippen LogP contribution in [-0.2, 0) is 7.05 Å². The SMILES string of the molecule is CC.CCC(C)n1c(=O)c(C(=O)N[C@H]2CCN(c3ccc4ncc(C)n4n3)C2)c(C)n1C.Fc1ccccc1. The molecule has 0 aliphatic carbocycles. The molecule has 0 bridgehead atoms. The standard InChI is InChI=1S/C21H29N7O2.C6H5F.C2H6/c1-6-13(2)28-21(30)19(15(4)25(28)5)20(29)23-16-9-10-26(12-16)18-8-7-17-22-11-14(3)27(17)24-18;7-6-4-2-1-3-5-6;1-2/h7-8,11,13,16H,6,9-10,12H2,1-5H3,(H,23,29);1-5H;1-2H3/t13?,16-;;/m0../s1. The molecule has 3 aromatic heterocycles. The maximum atomic E-state index is 13.0. The number of hydrogen-bond acceptors (Lipinski definition) is 5. The van der Waals surface area contributed by atoms with Gasteiger partial charge in [0, 0.05) is 31.9 Å². The third-order valence-electron chi connectivity index (χ3n) is 6.93. The van der Waals surface area contributed by atoms with E-state index in [1.807, 2.05) is 65.2 Å². The van der Waals surface area contributed by atoms with Gasteiger partial charge >= 0.3 is 0 Å². The fraction of sp³-hybridized carbons (Fsp3) is 0.448. The molecule has 0 saturated carbocycles. The maximum absolute atomic E-state index is 13.0. The smallest absolute Gasteiger partial charge is 0.280 e. The van der Waals surface area contributed by atoms with Crippen LogP contribution in [-0.4, -0.2) is 49.0 Å². The number of benzene rings is 1. The Balaban J connectivity index is 0.000000401. The summed E-state index contributed by atoms with van der Waals surface area (Å²) in [5.74, 6) is 0.383. The minimum absolute atomic E-state index is 0.0325. The molecular formula is C29H40FN7O2. The summed E-state index contributed by atoms with van der Waals surface area (Å²) in [5.41, 5.74) is 2.50. The number of fused-ring (bicyclic) bond motifs is 1. The number of amides is 1. The Morgan fingerprint density at radius 2 is 1.85 bits per heavy atom. The van der Waals surface area contributed by atoms with E-state index in [2.05, 4.69) is 20.3 Å². The second-order valence-electron chi connectivity index (χ2n) is 9.45. The minimum atomic E-state index is -0.295. The molecular weight excluding hydrogens is 497 g/mol. The van der Waals surface area contributed by atoms with Crippen LogP contribution in [0.15, 0.2) is 53.5 Å². The van der Waals surface area contributed by atoms with Crippen molar-refractivity contribution < 1.29 is 9.18 Å². The van der Waals surface area contributed by atoms with Crippen LogP contribution in [0.1, 0.15) is 68.3 Å². The molecule has 1 aliphatic heterocycles. The van der Waals surface area contributed by atoms with E-state index in [1.165, 1.54) is 12.1 Å². The second kappa shape index (κ2) is 13.2. The van der Waals surface area contributed by atoms with Gasteiger partial charge in [0.1, 0.15) is 17.2 Å². The summed E-state index contributed by atoms with van der Waals surface area (Å²) >= 11 is 0. The van der Waals surface area contributed by atoms with Crippen molar-refractivity contribution in [3.05, 3.63) is 81.8 Å². The normalized spacial score (nSPS) is 15.3. The van der Waals surface area contributed by atoms with Crippen LogP contribution in [0.25, 0.3) is 5.65 Å². The molecule has 1 aromatic carbocycles. The first kappa shape index (κ1) is 29.6. The quantitative estimate of drug-likeness (QED) is 0.399. The number of halogens is 1. The summed E-state index contributed by atoms with van der Waals surface area (Å²) in [6, 6.07) is 11.9. The highest BCUT2D eigenvalue weighted by atomic mass is 19.1. The van der Waals surface area contributed by atoms with Gasteiger partial charge in [-0.15, -0.1) is 5.10 Å². The predicted octanol–water partition coefficient (Wildman–Crippen LogP) is 4.68. The van der Waals surface area contributed by atoms with E-state index in [9.17, 15) is 14.0 Å². The summed E-state index contributed by atoms with van der Waals surface area (Å²) in [4.78, 5) is 32.3. The monoisotopic (exact) mass is 537 g/mol. The highest BCUT2D eigenvalue weighted by Crippen LogP contribution is 2.20. The summed E-state index contributed by atoms with van der Waals surface area (Å²) < 4.78 is 17.2. The average Bonchev–Trinajstić information content (AvgIpc) is 3.62. The van der Waals surface area contributed by atoms with Gasteiger partial charge in [0.05, 0.1) is 17.9 Å². The van der Waals surface area contributed by atoms with Gasteiger partial charge in [-0.25, -0.2) is 18.6 Å². The molecule has 2 atom stereocenters. The number of imidazole rings is 1. The van der Waals surface area contributed by atoms with Crippen molar-refractivity contribution in [2.45, 2.75) is 66.5 Å².